The first-order valence-corrected chi connectivity index (χ1v) is 9.99. The number of carbonyl (C=O) groups excluding carboxylic acids is 2. The van der Waals surface area contributed by atoms with Gasteiger partial charge in [-0.05, 0) is 61.4 Å². The third-order valence-electron chi connectivity index (χ3n) is 5.66. The number of aromatic nitrogens is 1. The van der Waals surface area contributed by atoms with Crippen molar-refractivity contribution in [3.8, 4) is 0 Å². The van der Waals surface area contributed by atoms with Gasteiger partial charge in [0, 0.05) is 48.7 Å². The standard InChI is InChI=1S/C22H26N4O2.2ClH/c27-21(13-16-11-19-4-5-20(12-16)25-19)24-14-15-2-1-3-18(10-15)26-22(28)17-6-8-23-9-7-17;;/h1-3,6-10,16,19-20,25H,4-5,11-14H2,(H,24,27)(H,26,28);2*1H. The van der Waals surface area contributed by atoms with Crippen molar-refractivity contribution in [3.63, 3.8) is 0 Å². The molecule has 2 aliphatic rings. The number of piperidine rings is 1. The van der Waals surface area contributed by atoms with Crippen molar-refractivity contribution < 1.29 is 9.59 Å². The molecule has 0 radical (unpaired) electrons. The summed E-state index contributed by atoms with van der Waals surface area (Å²) in [5, 5.41) is 9.53. The fourth-order valence-corrected chi connectivity index (χ4v) is 4.34. The first-order valence-electron chi connectivity index (χ1n) is 9.99. The fraction of sp³-hybridized carbons (Fsp3) is 0.409. The van der Waals surface area contributed by atoms with Gasteiger partial charge >= 0.3 is 0 Å². The molecule has 4 rings (SSSR count). The third kappa shape index (κ3) is 6.42. The molecule has 6 nitrogen and oxygen atoms in total. The molecular formula is C22H28Cl2N4O2. The fourth-order valence-electron chi connectivity index (χ4n) is 4.34. The van der Waals surface area contributed by atoms with Crippen molar-refractivity contribution in [2.24, 2.45) is 5.92 Å². The lowest BCUT2D eigenvalue weighted by atomic mass is 9.89. The summed E-state index contributed by atoms with van der Waals surface area (Å²) in [5.74, 6) is 0.423. The summed E-state index contributed by atoms with van der Waals surface area (Å²) in [5.41, 5.74) is 2.24. The van der Waals surface area contributed by atoms with Crippen molar-refractivity contribution in [3.05, 3.63) is 59.9 Å². The van der Waals surface area contributed by atoms with Crippen LogP contribution in [0.4, 0.5) is 5.69 Å². The van der Waals surface area contributed by atoms with Crippen LogP contribution in [0.2, 0.25) is 0 Å². The van der Waals surface area contributed by atoms with E-state index in [0.29, 0.717) is 42.2 Å². The summed E-state index contributed by atoms with van der Waals surface area (Å²) in [6.07, 6.45) is 8.51. The van der Waals surface area contributed by atoms with Gasteiger partial charge in [-0.2, -0.15) is 0 Å². The lowest BCUT2D eigenvalue weighted by molar-refractivity contribution is -0.122. The Labute approximate surface area is 189 Å². The molecule has 2 amide bonds. The number of pyridine rings is 1. The highest BCUT2D eigenvalue weighted by Gasteiger charge is 2.34. The summed E-state index contributed by atoms with van der Waals surface area (Å²) in [6, 6.07) is 12.1. The lowest BCUT2D eigenvalue weighted by Crippen LogP contribution is -2.39. The summed E-state index contributed by atoms with van der Waals surface area (Å²) in [7, 11) is 0. The zero-order valence-electron chi connectivity index (χ0n) is 16.7. The van der Waals surface area contributed by atoms with Crippen LogP contribution in [0, 0.1) is 5.92 Å². The van der Waals surface area contributed by atoms with Crippen molar-refractivity contribution in [2.45, 2.75) is 50.7 Å². The number of hydrogen-bond acceptors (Lipinski definition) is 4. The molecule has 1 aromatic carbocycles. The molecule has 2 aromatic rings. The van der Waals surface area contributed by atoms with E-state index in [0.717, 1.165) is 18.4 Å². The topological polar surface area (TPSA) is 83.1 Å². The Morgan fingerprint density at radius 2 is 1.73 bits per heavy atom. The Hall–Kier alpha value is -2.15. The first-order chi connectivity index (χ1) is 13.7. The molecule has 0 spiro atoms. The van der Waals surface area contributed by atoms with E-state index < -0.39 is 0 Å². The zero-order chi connectivity index (χ0) is 19.3. The predicted molar refractivity (Wildman–Crippen MR) is 122 cm³/mol. The molecule has 2 bridgehead atoms. The highest BCUT2D eigenvalue weighted by Crippen LogP contribution is 2.32. The van der Waals surface area contributed by atoms with E-state index in [1.54, 1.807) is 24.5 Å². The Morgan fingerprint density at radius 3 is 2.43 bits per heavy atom. The smallest absolute Gasteiger partial charge is 0.255 e. The van der Waals surface area contributed by atoms with Crippen LogP contribution in [-0.4, -0.2) is 28.9 Å². The maximum atomic E-state index is 12.4. The van der Waals surface area contributed by atoms with Gasteiger partial charge in [0.05, 0.1) is 0 Å². The minimum absolute atomic E-state index is 0. The van der Waals surface area contributed by atoms with Crippen LogP contribution in [0.25, 0.3) is 0 Å². The number of benzene rings is 1. The average Bonchev–Trinajstić information content (AvgIpc) is 3.05. The monoisotopic (exact) mass is 450 g/mol. The van der Waals surface area contributed by atoms with Gasteiger partial charge in [-0.15, -0.1) is 24.8 Å². The normalized spacial score (nSPS) is 21.7. The average molecular weight is 451 g/mol. The molecule has 2 fully saturated rings. The maximum absolute atomic E-state index is 12.4. The second kappa shape index (κ2) is 11.3. The number of rotatable bonds is 6. The Morgan fingerprint density at radius 1 is 1.03 bits per heavy atom. The number of hydrogen-bond donors (Lipinski definition) is 3. The van der Waals surface area contributed by atoms with E-state index in [-0.39, 0.29) is 36.6 Å². The molecule has 1 aromatic heterocycles. The number of halogens is 2. The summed E-state index contributed by atoms with van der Waals surface area (Å²) < 4.78 is 0. The Bertz CT molecular complexity index is 838. The summed E-state index contributed by atoms with van der Waals surface area (Å²) in [6.45, 7) is 0.468. The van der Waals surface area contributed by atoms with Crippen molar-refractivity contribution in [2.75, 3.05) is 5.32 Å². The molecule has 162 valence electrons. The zero-order valence-corrected chi connectivity index (χ0v) is 18.3. The van der Waals surface area contributed by atoms with E-state index in [9.17, 15) is 9.59 Å². The SMILES string of the molecule is Cl.Cl.O=C(CC1CC2CCC(C1)N2)NCc1cccc(NC(=O)c2ccncc2)c1. The number of fused-ring (bicyclic) bond motifs is 2. The number of carbonyl (C=O) groups is 2. The Kier molecular flexibility index (Phi) is 9.08. The van der Waals surface area contributed by atoms with Crippen LogP contribution >= 0.6 is 24.8 Å². The van der Waals surface area contributed by atoms with E-state index >= 15 is 0 Å². The number of nitrogens with zero attached hydrogens (tertiary/aromatic N) is 1. The minimum Gasteiger partial charge on any atom is -0.352 e. The van der Waals surface area contributed by atoms with Crippen LogP contribution in [0.1, 0.15) is 48.0 Å². The van der Waals surface area contributed by atoms with Crippen molar-refractivity contribution >= 4 is 42.3 Å². The number of nitrogens with one attached hydrogen (secondary N) is 3. The molecule has 0 aliphatic carbocycles. The largest absolute Gasteiger partial charge is 0.352 e. The van der Waals surface area contributed by atoms with Gasteiger partial charge in [0.15, 0.2) is 0 Å². The summed E-state index contributed by atoms with van der Waals surface area (Å²) in [4.78, 5) is 28.5. The second-order valence-corrected chi connectivity index (χ2v) is 7.85. The number of amides is 2. The molecule has 2 saturated heterocycles. The van der Waals surface area contributed by atoms with Gasteiger partial charge in [0.1, 0.15) is 0 Å². The molecule has 2 aliphatic heterocycles. The van der Waals surface area contributed by atoms with Crippen molar-refractivity contribution in [1.29, 1.82) is 0 Å². The van der Waals surface area contributed by atoms with E-state index in [4.69, 9.17) is 0 Å². The van der Waals surface area contributed by atoms with Gasteiger partial charge in [-0.25, -0.2) is 0 Å². The third-order valence-corrected chi connectivity index (χ3v) is 5.66. The van der Waals surface area contributed by atoms with E-state index in [1.807, 2.05) is 24.3 Å². The van der Waals surface area contributed by atoms with Crippen molar-refractivity contribution in [1.82, 2.24) is 15.6 Å². The first kappa shape index (κ1) is 24.1. The van der Waals surface area contributed by atoms with Crippen LogP contribution < -0.4 is 16.0 Å². The maximum Gasteiger partial charge on any atom is 0.255 e. The van der Waals surface area contributed by atoms with E-state index in [2.05, 4.69) is 20.9 Å². The number of anilines is 1. The van der Waals surface area contributed by atoms with Gasteiger partial charge in [-0.3, -0.25) is 14.6 Å². The van der Waals surface area contributed by atoms with Gasteiger partial charge in [0.25, 0.3) is 5.91 Å². The lowest BCUT2D eigenvalue weighted by Gasteiger charge is -2.28. The highest BCUT2D eigenvalue weighted by atomic mass is 35.5. The van der Waals surface area contributed by atoms with Gasteiger partial charge < -0.3 is 16.0 Å². The predicted octanol–water partition coefficient (Wildman–Crippen LogP) is 3.71. The van der Waals surface area contributed by atoms with Crippen LogP contribution in [0.3, 0.4) is 0 Å². The van der Waals surface area contributed by atoms with Crippen LogP contribution in [0.15, 0.2) is 48.8 Å². The molecule has 2 atom stereocenters. The molecule has 8 heteroatoms. The Balaban J connectivity index is 0.00000160. The second-order valence-electron chi connectivity index (χ2n) is 7.85. The van der Waals surface area contributed by atoms with Crippen LogP contribution in [-0.2, 0) is 11.3 Å². The van der Waals surface area contributed by atoms with Gasteiger partial charge in [0.2, 0.25) is 5.91 Å². The molecule has 2 unspecified atom stereocenters. The van der Waals surface area contributed by atoms with E-state index in [1.165, 1.54) is 12.8 Å². The molecule has 3 heterocycles. The molecule has 30 heavy (non-hydrogen) atoms. The van der Waals surface area contributed by atoms with Crippen LogP contribution in [0.5, 0.6) is 0 Å². The molecule has 0 saturated carbocycles. The minimum atomic E-state index is -0.177. The summed E-state index contributed by atoms with van der Waals surface area (Å²) >= 11 is 0. The van der Waals surface area contributed by atoms with Gasteiger partial charge in [-0.1, -0.05) is 12.1 Å². The molecular weight excluding hydrogens is 423 g/mol. The molecule has 3 N–H and O–H groups in total. The highest BCUT2D eigenvalue weighted by molar-refractivity contribution is 6.04. The quantitative estimate of drug-likeness (QED) is 0.625.